The molecule has 0 bridgehead atoms. The molecule has 1 N–H and O–H groups in total. The lowest BCUT2D eigenvalue weighted by Crippen LogP contribution is -2.30. The van der Waals surface area contributed by atoms with E-state index in [0.717, 1.165) is 6.26 Å². The fourth-order valence-corrected chi connectivity index (χ4v) is 5.56. The third-order valence-corrected chi connectivity index (χ3v) is 7.42. The first-order valence-corrected chi connectivity index (χ1v) is 10.6. The lowest BCUT2D eigenvalue weighted by molar-refractivity contribution is 0.571. The summed E-state index contributed by atoms with van der Waals surface area (Å²) in [5.41, 5.74) is 0.483. The molecule has 1 aliphatic heterocycles. The molecule has 21 heavy (non-hydrogen) atoms. The van der Waals surface area contributed by atoms with Crippen LogP contribution in [0, 0.1) is 0 Å². The van der Waals surface area contributed by atoms with Crippen molar-refractivity contribution in [1.29, 1.82) is 0 Å². The van der Waals surface area contributed by atoms with Gasteiger partial charge in [-0.3, -0.25) is 0 Å². The van der Waals surface area contributed by atoms with Gasteiger partial charge in [0.25, 0.3) is 0 Å². The van der Waals surface area contributed by atoms with E-state index < -0.39 is 19.7 Å². The SMILES string of the molecule is CS(=O)(=O)c1cccc(Cl)c1CNCC1CCCS1(=O)=O. The Morgan fingerprint density at radius 1 is 1.38 bits per heavy atom. The number of halogens is 1. The van der Waals surface area contributed by atoms with Crippen molar-refractivity contribution < 1.29 is 16.8 Å². The Morgan fingerprint density at radius 2 is 2.10 bits per heavy atom. The first-order valence-electron chi connectivity index (χ1n) is 6.61. The monoisotopic (exact) mass is 351 g/mol. The van der Waals surface area contributed by atoms with Crippen molar-refractivity contribution in [1.82, 2.24) is 5.32 Å². The van der Waals surface area contributed by atoms with Gasteiger partial charge < -0.3 is 5.32 Å². The molecule has 2 rings (SSSR count). The highest BCUT2D eigenvalue weighted by atomic mass is 35.5. The molecule has 0 aliphatic carbocycles. The minimum atomic E-state index is -3.37. The van der Waals surface area contributed by atoms with E-state index in [1.54, 1.807) is 12.1 Å². The molecule has 8 heteroatoms. The van der Waals surface area contributed by atoms with Crippen LogP contribution in [0.15, 0.2) is 23.1 Å². The van der Waals surface area contributed by atoms with Gasteiger partial charge in [0.05, 0.1) is 15.9 Å². The maximum atomic E-state index is 11.7. The first-order chi connectivity index (χ1) is 9.72. The number of benzene rings is 1. The summed E-state index contributed by atoms with van der Waals surface area (Å²) in [6.45, 7) is 0.546. The second kappa shape index (κ2) is 6.24. The van der Waals surface area contributed by atoms with E-state index in [-0.39, 0.29) is 22.4 Å². The molecule has 1 unspecified atom stereocenters. The molecule has 1 fully saturated rings. The van der Waals surface area contributed by atoms with Gasteiger partial charge in [-0.15, -0.1) is 0 Å². The Balaban J connectivity index is 2.11. The van der Waals surface area contributed by atoms with Gasteiger partial charge in [0.2, 0.25) is 0 Å². The Morgan fingerprint density at radius 3 is 2.67 bits per heavy atom. The average Bonchev–Trinajstić information content (AvgIpc) is 2.69. The minimum absolute atomic E-state index is 0.178. The van der Waals surface area contributed by atoms with Crippen molar-refractivity contribution in [2.24, 2.45) is 0 Å². The summed E-state index contributed by atoms with van der Waals surface area (Å²) < 4.78 is 47.0. The summed E-state index contributed by atoms with van der Waals surface area (Å²) >= 11 is 6.06. The number of sulfone groups is 2. The molecule has 118 valence electrons. The minimum Gasteiger partial charge on any atom is -0.311 e. The van der Waals surface area contributed by atoms with Crippen LogP contribution in [0.2, 0.25) is 5.02 Å². The van der Waals surface area contributed by atoms with Gasteiger partial charge in [-0.1, -0.05) is 17.7 Å². The maximum Gasteiger partial charge on any atom is 0.175 e. The van der Waals surface area contributed by atoms with Gasteiger partial charge in [-0.05, 0) is 25.0 Å². The maximum absolute atomic E-state index is 11.7. The molecule has 1 aliphatic rings. The normalized spacial score (nSPS) is 21.5. The zero-order valence-electron chi connectivity index (χ0n) is 11.7. The Bertz CT molecular complexity index is 729. The van der Waals surface area contributed by atoms with Crippen molar-refractivity contribution in [3.05, 3.63) is 28.8 Å². The fraction of sp³-hybridized carbons (Fsp3) is 0.538. The molecule has 0 saturated carbocycles. The zero-order chi connectivity index (χ0) is 15.7. The van der Waals surface area contributed by atoms with Crippen LogP contribution in [0.4, 0.5) is 0 Å². The topological polar surface area (TPSA) is 80.3 Å². The van der Waals surface area contributed by atoms with Crippen molar-refractivity contribution in [3.8, 4) is 0 Å². The largest absolute Gasteiger partial charge is 0.311 e. The summed E-state index contributed by atoms with van der Waals surface area (Å²) in [6.07, 6.45) is 2.47. The summed E-state index contributed by atoms with van der Waals surface area (Å²) in [5.74, 6) is 0.236. The lowest BCUT2D eigenvalue weighted by atomic mass is 10.2. The molecule has 1 atom stereocenters. The van der Waals surface area contributed by atoms with Crippen LogP contribution in [0.5, 0.6) is 0 Å². The zero-order valence-corrected chi connectivity index (χ0v) is 14.1. The highest BCUT2D eigenvalue weighted by Gasteiger charge is 2.30. The third-order valence-electron chi connectivity index (χ3n) is 3.61. The van der Waals surface area contributed by atoms with Crippen LogP contribution >= 0.6 is 11.6 Å². The van der Waals surface area contributed by atoms with Gasteiger partial charge in [0.15, 0.2) is 19.7 Å². The molecule has 0 spiro atoms. The van der Waals surface area contributed by atoms with Crippen LogP contribution in [-0.2, 0) is 26.2 Å². The van der Waals surface area contributed by atoms with Gasteiger partial charge in [-0.2, -0.15) is 0 Å². The van der Waals surface area contributed by atoms with Gasteiger partial charge in [-0.25, -0.2) is 16.8 Å². The second-order valence-corrected chi connectivity index (χ2v) is 10.0. The van der Waals surface area contributed by atoms with Crippen molar-refractivity contribution >= 4 is 31.3 Å². The third kappa shape index (κ3) is 3.97. The number of hydrogen-bond acceptors (Lipinski definition) is 5. The molecular formula is C13H18ClNO4S2. The van der Waals surface area contributed by atoms with E-state index in [1.807, 2.05) is 0 Å². The van der Waals surface area contributed by atoms with Crippen LogP contribution in [0.3, 0.4) is 0 Å². The van der Waals surface area contributed by atoms with E-state index in [1.165, 1.54) is 6.07 Å². The highest BCUT2D eigenvalue weighted by Crippen LogP contribution is 2.24. The predicted octanol–water partition coefficient (Wildman–Crippen LogP) is 1.41. The molecular weight excluding hydrogens is 334 g/mol. The van der Waals surface area contributed by atoms with Crippen LogP contribution < -0.4 is 5.32 Å². The standard InChI is InChI=1S/C13H18ClNO4S2/c1-20(16,17)13-6-2-5-12(14)11(13)9-15-8-10-4-3-7-21(10,18)19/h2,5-6,10,15H,3-4,7-9H2,1H3. The Hall–Kier alpha value is -0.630. The molecule has 1 saturated heterocycles. The lowest BCUT2D eigenvalue weighted by Gasteiger charge is -2.14. The number of nitrogens with one attached hydrogen (secondary N) is 1. The smallest absolute Gasteiger partial charge is 0.175 e. The van der Waals surface area contributed by atoms with Crippen LogP contribution in [0.25, 0.3) is 0 Å². The molecule has 5 nitrogen and oxygen atoms in total. The molecule has 1 heterocycles. The highest BCUT2D eigenvalue weighted by molar-refractivity contribution is 7.92. The average molecular weight is 352 g/mol. The molecule has 1 aromatic rings. The molecule has 0 amide bonds. The summed E-state index contributed by atoms with van der Waals surface area (Å²) in [5, 5.41) is 3.00. The number of hydrogen-bond donors (Lipinski definition) is 1. The molecule has 0 aromatic heterocycles. The van der Waals surface area contributed by atoms with Crippen molar-refractivity contribution in [2.75, 3.05) is 18.6 Å². The summed E-state index contributed by atoms with van der Waals surface area (Å²) in [4.78, 5) is 0.178. The van der Waals surface area contributed by atoms with E-state index in [4.69, 9.17) is 11.6 Å². The quantitative estimate of drug-likeness (QED) is 0.867. The van der Waals surface area contributed by atoms with Crippen molar-refractivity contribution in [2.45, 2.75) is 29.5 Å². The summed E-state index contributed by atoms with van der Waals surface area (Å²) in [6, 6.07) is 4.72. The van der Waals surface area contributed by atoms with E-state index in [2.05, 4.69) is 5.32 Å². The molecule has 0 radical (unpaired) electrons. The van der Waals surface area contributed by atoms with E-state index in [9.17, 15) is 16.8 Å². The summed E-state index contributed by atoms with van der Waals surface area (Å²) in [7, 11) is -6.37. The first kappa shape index (κ1) is 16.7. The van der Waals surface area contributed by atoms with Gasteiger partial charge in [0.1, 0.15) is 0 Å². The second-order valence-electron chi connectivity index (χ2n) is 5.25. The fourth-order valence-electron chi connectivity index (χ4n) is 2.50. The van der Waals surface area contributed by atoms with E-state index >= 15 is 0 Å². The Labute approximate surface area is 130 Å². The Kier molecular flexibility index (Phi) is 4.97. The molecule has 1 aromatic carbocycles. The predicted molar refractivity (Wildman–Crippen MR) is 83.1 cm³/mol. The van der Waals surface area contributed by atoms with E-state index in [0.29, 0.717) is 30.0 Å². The van der Waals surface area contributed by atoms with Gasteiger partial charge in [0, 0.05) is 29.9 Å². The van der Waals surface area contributed by atoms with Crippen LogP contribution in [-0.4, -0.2) is 40.6 Å². The van der Waals surface area contributed by atoms with Crippen molar-refractivity contribution in [3.63, 3.8) is 0 Å². The number of rotatable bonds is 5. The van der Waals surface area contributed by atoms with Crippen LogP contribution in [0.1, 0.15) is 18.4 Å². The van der Waals surface area contributed by atoms with Gasteiger partial charge >= 0.3 is 0 Å².